The second kappa shape index (κ2) is 9.23. The van der Waals surface area contributed by atoms with E-state index in [4.69, 9.17) is 28.2 Å². The predicted molar refractivity (Wildman–Crippen MR) is 128 cm³/mol. The molecule has 1 aliphatic carbocycles. The molecule has 2 aliphatic rings. The van der Waals surface area contributed by atoms with Crippen LogP contribution in [0.15, 0.2) is 75.2 Å². The average molecular weight is 470 g/mol. The van der Waals surface area contributed by atoms with Gasteiger partial charge in [-0.3, -0.25) is 4.98 Å². The predicted octanol–water partition coefficient (Wildman–Crippen LogP) is 6.78. The number of furan rings is 1. The number of nitrogens with zero attached hydrogens (tertiary/aromatic N) is 2. The standard InChI is InChI=1S/C24H24ClN3OS2/c25-16-9-11-18(12-10-16)31-21-14-13-20(29-21)23-22(19-8-4-5-15-26-19)27-24(30)28(23)17-6-2-1-3-7-17/h4-5,8-15,17,22-23H,1-3,6-7H2,(H,27,30)/t22-,23-/m1/s1. The summed E-state index contributed by atoms with van der Waals surface area (Å²) < 4.78 is 6.38. The Morgan fingerprint density at radius 1 is 1.03 bits per heavy atom. The van der Waals surface area contributed by atoms with Crippen molar-refractivity contribution in [3.8, 4) is 0 Å². The van der Waals surface area contributed by atoms with E-state index in [1.807, 2.05) is 48.7 Å². The van der Waals surface area contributed by atoms with E-state index in [9.17, 15) is 0 Å². The maximum atomic E-state index is 6.38. The van der Waals surface area contributed by atoms with E-state index >= 15 is 0 Å². The molecule has 2 aromatic heterocycles. The van der Waals surface area contributed by atoms with E-state index in [0.29, 0.717) is 6.04 Å². The van der Waals surface area contributed by atoms with Crippen molar-refractivity contribution < 1.29 is 4.42 Å². The maximum Gasteiger partial charge on any atom is 0.170 e. The fourth-order valence-corrected chi connectivity index (χ4v) is 5.88. The Balaban J connectivity index is 1.46. The van der Waals surface area contributed by atoms with Crippen LogP contribution in [0, 0.1) is 0 Å². The van der Waals surface area contributed by atoms with Gasteiger partial charge in [0, 0.05) is 22.2 Å². The zero-order valence-corrected chi connectivity index (χ0v) is 19.4. The normalized spacial score (nSPS) is 22.0. The molecular weight excluding hydrogens is 446 g/mol. The van der Waals surface area contributed by atoms with Crippen LogP contribution in [0.1, 0.15) is 55.6 Å². The molecule has 2 atom stereocenters. The van der Waals surface area contributed by atoms with Crippen molar-refractivity contribution in [3.63, 3.8) is 0 Å². The van der Waals surface area contributed by atoms with Gasteiger partial charge in [0.1, 0.15) is 11.8 Å². The molecule has 3 aromatic rings. The molecule has 0 amide bonds. The highest BCUT2D eigenvalue weighted by molar-refractivity contribution is 7.99. The molecule has 1 aromatic carbocycles. The van der Waals surface area contributed by atoms with Gasteiger partial charge in [0.05, 0.1) is 11.7 Å². The number of hydrogen-bond acceptors (Lipinski definition) is 4. The zero-order chi connectivity index (χ0) is 21.2. The fourth-order valence-electron chi connectivity index (χ4n) is 4.59. The summed E-state index contributed by atoms with van der Waals surface area (Å²) in [5.74, 6) is 0.921. The molecule has 2 fully saturated rings. The molecule has 1 N–H and O–H groups in total. The minimum absolute atomic E-state index is 0.00920. The summed E-state index contributed by atoms with van der Waals surface area (Å²) in [5.41, 5.74) is 0.983. The van der Waals surface area contributed by atoms with Crippen LogP contribution in [-0.4, -0.2) is 21.0 Å². The maximum absolute atomic E-state index is 6.38. The zero-order valence-electron chi connectivity index (χ0n) is 17.0. The minimum atomic E-state index is -0.0323. The number of halogens is 1. The molecule has 1 saturated carbocycles. The van der Waals surface area contributed by atoms with Gasteiger partial charge in [0.2, 0.25) is 0 Å². The molecule has 0 spiro atoms. The Hall–Kier alpha value is -2.02. The van der Waals surface area contributed by atoms with Crippen LogP contribution in [0.4, 0.5) is 0 Å². The molecule has 1 saturated heterocycles. The fraction of sp³-hybridized carbons (Fsp3) is 0.333. The van der Waals surface area contributed by atoms with Crippen LogP contribution in [0.2, 0.25) is 5.02 Å². The molecule has 7 heteroatoms. The Morgan fingerprint density at radius 3 is 2.58 bits per heavy atom. The molecule has 1 aliphatic heterocycles. The number of rotatable bonds is 5. The average Bonchev–Trinajstić information content (AvgIpc) is 3.40. The van der Waals surface area contributed by atoms with Gasteiger partial charge in [-0.15, -0.1) is 0 Å². The van der Waals surface area contributed by atoms with Gasteiger partial charge in [-0.2, -0.15) is 0 Å². The van der Waals surface area contributed by atoms with Crippen molar-refractivity contribution in [3.05, 3.63) is 77.3 Å². The molecule has 0 radical (unpaired) electrons. The molecule has 0 unspecified atom stereocenters. The lowest BCUT2D eigenvalue weighted by Gasteiger charge is -2.36. The van der Waals surface area contributed by atoms with Crippen molar-refractivity contribution >= 4 is 40.7 Å². The number of benzene rings is 1. The van der Waals surface area contributed by atoms with Gasteiger partial charge in [-0.1, -0.05) is 48.7 Å². The summed E-state index contributed by atoms with van der Waals surface area (Å²) in [7, 11) is 0. The molecule has 160 valence electrons. The third-order valence-electron chi connectivity index (χ3n) is 6.03. The van der Waals surface area contributed by atoms with Gasteiger partial charge in [-0.05, 0) is 73.6 Å². The molecule has 31 heavy (non-hydrogen) atoms. The van der Waals surface area contributed by atoms with Crippen LogP contribution < -0.4 is 5.32 Å². The molecular formula is C24H24ClN3OS2. The number of thiocarbonyl (C=S) groups is 1. The van der Waals surface area contributed by atoms with Crippen LogP contribution in [-0.2, 0) is 0 Å². The van der Waals surface area contributed by atoms with Gasteiger partial charge in [0.15, 0.2) is 10.2 Å². The SMILES string of the molecule is S=C1N[C@H](c2ccccn2)[C@@H](c2ccc(Sc3ccc(Cl)cc3)o2)N1C1CCCCC1. The van der Waals surface area contributed by atoms with Gasteiger partial charge >= 0.3 is 0 Å². The van der Waals surface area contributed by atoms with E-state index < -0.39 is 0 Å². The van der Waals surface area contributed by atoms with Gasteiger partial charge < -0.3 is 14.6 Å². The molecule has 0 bridgehead atoms. The number of hydrogen-bond donors (Lipinski definition) is 1. The van der Waals surface area contributed by atoms with Crippen molar-refractivity contribution in [2.45, 2.75) is 60.2 Å². The van der Waals surface area contributed by atoms with Crippen molar-refractivity contribution in [2.75, 3.05) is 0 Å². The smallest absolute Gasteiger partial charge is 0.170 e. The Labute approximate surface area is 197 Å². The van der Waals surface area contributed by atoms with Crippen LogP contribution in [0.5, 0.6) is 0 Å². The first-order valence-electron chi connectivity index (χ1n) is 10.7. The highest BCUT2D eigenvalue weighted by Crippen LogP contribution is 2.44. The summed E-state index contributed by atoms with van der Waals surface area (Å²) in [4.78, 5) is 8.10. The van der Waals surface area contributed by atoms with Crippen LogP contribution in [0.25, 0.3) is 0 Å². The second-order valence-corrected chi connectivity index (χ2v) is 9.94. The summed E-state index contributed by atoms with van der Waals surface area (Å²) in [5, 5.41) is 5.94. The largest absolute Gasteiger partial charge is 0.452 e. The summed E-state index contributed by atoms with van der Waals surface area (Å²) in [6, 6.07) is 18.4. The van der Waals surface area contributed by atoms with E-state index in [1.165, 1.54) is 32.1 Å². The lowest BCUT2D eigenvalue weighted by Crippen LogP contribution is -2.40. The van der Waals surface area contributed by atoms with Crippen molar-refractivity contribution in [2.24, 2.45) is 0 Å². The summed E-state index contributed by atoms with van der Waals surface area (Å²) in [6.45, 7) is 0. The topological polar surface area (TPSA) is 41.3 Å². The van der Waals surface area contributed by atoms with Crippen LogP contribution in [0.3, 0.4) is 0 Å². The van der Waals surface area contributed by atoms with E-state index in [1.54, 1.807) is 11.8 Å². The van der Waals surface area contributed by atoms with Gasteiger partial charge in [-0.25, -0.2) is 0 Å². The monoisotopic (exact) mass is 469 g/mol. The minimum Gasteiger partial charge on any atom is -0.452 e. The first-order valence-corrected chi connectivity index (χ1v) is 12.3. The second-order valence-electron chi connectivity index (χ2n) is 8.04. The highest BCUT2D eigenvalue weighted by Gasteiger charge is 2.44. The highest BCUT2D eigenvalue weighted by atomic mass is 35.5. The number of pyridine rings is 1. The first kappa shape index (κ1) is 20.9. The molecule has 5 rings (SSSR count). The number of nitrogens with one attached hydrogen (secondary N) is 1. The van der Waals surface area contributed by atoms with Gasteiger partial charge in [0.25, 0.3) is 0 Å². The van der Waals surface area contributed by atoms with Crippen molar-refractivity contribution in [1.82, 2.24) is 15.2 Å². The number of aromatic nitrogens is 1. The summed E-state index contributed by atoms with van der Waals surface area (Å²) >= 11 is 13.4. The van der Waals surface area contributed by atoms with E-state index in [0.717, 1.165) is 31.6 Å². The lowest BCUT2D eigenvalue weighted by molar-refractivity contribution is 0.174. The quantitative estimate of drug-likeness (QED) is 0.415. The molecule has 4 nitrogen and oxygen atoms in total. The Bertz CT molecular complexity index is 1030. The lowest BCUT2D eigenvalue weighted by atomic mass is 9.92. The third kappa shape index (κ3) is 4.47. The third-order valence-corrected chi connectivity index (χ3v) is 7.54. The summed E-state index contributed by atoms with van der Waals surface area (Å²) in [6.07, 6.45) is 7.98. The Morgan fingerprint density at radius 2 is 1.84 bits per heavy atom. The van der Waals surface area contributed by atoms with E-state index in [2.05, 4.69) is 27.3 Å². The first-order chi connectivity index (χ1) is 15.2. The van der Waals surface area contributed by atoms with E-state index in [-0.39, 0.29) is 12.1 Å². The molecule has 3 heterocycles. The van der Waals surface area contributed by atoms with Crippen LogP contribution >= 0.6 is 35.6 Å². The Kier molecular flexibility index (Phi) is 6.21. The van der Waals surface area contributed by atoms with Crippen molar-refractivity contribution in [1.29, 1.82) is 0 Å².